The van der Waals surface area contributed by atoms with Crippen molar-refractivity contribution >= 4 is 27.6 Å². The molecule has 0 bridgehead atoms. The molecule has 14 heavy (non-hydrogen) atoms. The molecule has 72 valence electrons. The van der Waals surface area contributed by atoms with E-state index in [9.17, 15) is 13.0 Å². The van der Waals surface area contributed by atoms with E-state index in [-0.39, 0.29) is 35.2 Å². The third-order valence-electron chi connectivity index (χ3n) is 1.42. The first-order valence-corrected chi connectivity index (χ1v) is 5.17. The fourth-order valence-electron chi connectivity index (χ4n) is 0.876. The van der Waals surface area contributed by atoms with Gasteiger partial charge in [0.2, 0.25) is 0 Å². The van der Waals surface area contributed by atoms with Crippen molar-refractivity contribution < 1.29 is 42.5 Å². The molecule has 0 aromatic heterocycles. The number of benzene rings is 1. The summed E-state index contributed by atoms with van der Waals surface area (Å²) < 4.78 is 32.8. The van der Waals surface area contributed by atoms with Gasteiger partial charge in [0.15, 0.2) is 10.3 Å². The van der Waals surface area contributed by atoms with Crippen molar-refractivity contribution in [2.24, 2.45) is 0 Å². The van der Waals surface area contributed by atoms with Gasteiger partial charge < -0.3 is 4.55 Å². The van der Waals surface area contributed by atoms with Crippen molar-refractivity contribution in [3.8, 4) is 0 Å². The fourth-order valence-corrected chi connectivity index (χ4v) is 1.60. The fraction of sp³-hybridized carbons (Fsp3) is 0.143. The van der Waals surface area contributed by atoms with Crippen LogP contribution in [0.3, 0.4) is 0 Å². The van der Waals surface area contributed by atoms with Crippen molar-refractivity contribution in [1.29, 1.82) is 0 Å². The molecule has 1 aromatic carbocycles. The number of rotatable bonds is 2. The summed E-state index contributed by atoms with van der Waals surface area (Å²) >= 11 is 5.63. The zero-order valence-electron chi connectivity index (χ0n) is 7.74. The Morgan fingerprint density at radius 2 is 2.00 bits per heavy atom. The number of hydrogen-bond donors (Lipinski definition) is 1. The standard InChI is InChI=1S/C7H8ClNO3S.Na/c1-5-4-6(8)2-3-7(5)9-13(10,11)12;/h2-4,9H,1H3,(H,10,11,12);/q;+1/p-1. The molecule has 1 rings (SSSR count). The van der Waals surface area contributed by atoms with Crippen molar-refractivity contribution in [2.45, 2.75) is 6.92 Å². The van der Waals surface area contributed by atoms with Gasteiger partial charge in [0, 0.05) is 5.02 Å². The summed E-state index contributed by atoms with van der Waals surface area (Å²) in [6.07, 6.45) is 0. The van der Waals surface area contributed by atoms with E-state index in [1.807, 2.05) is 4.72 Å². The van der Waals surface area contributed by atoms with E-state index in [2.05, 4.69) is 0 Å². The normalized spacial score (nSPS) is 10.5. The minimum atomic E-state index is -4.46. The average molecular weight is 244 g/mol. The van der Waals surface area contributed by atoms with Crippen molar-refractivity contribution in [3.63, 3.8) is 0 Å². The van der Waals surface area contributed by atoms with E-state index in [0.29, 0.717) is 10.6 Å². The number of aryl methyl sites for hydroxylation is 1. The summed E-state index contributed by atoms with van der Waals surface area (Å²) in [6.45, 7) is 1.65. The number of anilines is 1. The molecule has 1 aromatic rings. The van der Waals surface area contributed by atoms with Crippen LogP contribution in [-0.4, -0.2) is 13.0 Å². The van der Waals surface area contributed by atoms with E-state index in [1.165, 1.54) is 12.1 Å². The first kappa shape index (κ1) is 14.2. The van der Waals surface area contributed by atoms with E-state index in [4.69, 9.17) is 11.6 Å². The molecule has 0 saturated carbocycles. The number of nitrogens with one attached hydrogen (secondary N) is 1. The van der Waals surface area contributed by atoms with Crippen LogP contribution in [0.5, 0.6) is 0 Å². The maximum Gasteiger partial charge on any atom is 1.00 e. The van der Waals surface area contributed by atoms with Gasteiger partial charge in [-0.15, -0.1) is 0 Å². The maximum absolute atomic E-state index is 10.3. The van der Waals surface area contributed by atoms with Gasteiger partial charge >= 0.3 is 29.6 Å². The summed E-state index contributed by atoms with van der Waals surface area (Å²) in [5, 5.41) is 0.492. The Balaban J connectivity index is 0.00000169. The monoisotopic (exact) mass is 243 g/mol. The molecule has 0 heterocycles. The SMILES string of the molecule is Cc1cc(Cl)ccc1NS(=O)(=O)[O-].[Na+]. The molecule has 0 aliphatic heterocycles. The summed E-state index contributed by atoms with van der Waals surface area (Å²) in [5.41, 5.74) is 0.853. The Bertz CT molecular complexity index is 421. The minimum absolute atomic E-state index is 0. The number of hydrogen-bond acceptors (Lipinski definition) is 3. The molecule has 0 saturated heterocycles. The number of halogens is 1. The van der Waals surface area contributed by atoms with E-state index >= 15 is 0 Å². The molecule has 0 fully saturated rings. The molecule has 0 aliphatic rings. The molecule has 0 unspecified atom stereocenters. The summed E-state index contributed by atoms with van der Waals surface area (Å²) in [4.78, 5) is 0. The predicted molar refractivity (Wildman–Crippen MR) is 49.5 cm³/mol. The van der Waals surface area contributed by atoms with Crippen LogP contribution in [0.15, 0.2) is 18.2 Å². The molecule has 1 N–H and O–H groups in total. The van der Waals surface area contributed by atoms with E-state index in [0.717, 1.165) is 0 Å². The summed E-state index contributed by atoms with van der Waals surface area (Å²) in [5.74, 6) is 0. The van der Waals surface area contributed by atoms with Crippen LogP contribution >= 0.6 is 11.6 Å². The summed E-state index contributed by atoms with van der Waals surface area (Å²) in [7, 11) is -4.46. The van der Waals surface area contributed by atoms with Gasteiger partial charge in [-0.3, -0.25) is 4.72 Å². The molecule has 7 heteroatoms. The van der Waals surface area contributed by atoms with Crippen LogP contribution in [0.25, 0.3) is 0 Å². The average Bonchev–Trinajstić information content (AvgIpc) is 1.93. The van der Waals surface area contributed by atoms with Crippen LogP contribution in [0.4, 0.5) is 5.69 Å². The Labute approximate surface area is 110 Å². The molecular weight excluding hydrogens is 237 g/mol. The van der Waals surface area contributed by atoms with Crippen LogP contribution in [0.2, 0.25) is 5.02 Å². The third kappa shape index (κ3) is 4.63. The maximum atomic E-state index is 10.3. The topological polar surface area (TPSA) is 69.2 Å². The molecule has 0 aliphatic carbocycles. The Hall–Kier alpha value is 0.220. The predicted octanol–water partition coefficient (Wildman–Crippen LogP) is -1.48. The van der Waals surface area contributed by atoms with Crippen molar-refractivity contribution in [1.82, 2.24) is 0 Å². The Kier molecular flexibility index (Phi) is 5.43. The quantitative estimate of drug-likeness (QED) is 0.509. The second-order valence-electron chi connectivity index (χ2n) is 2.52. The smallest absolute Gasteiger partial charge is 0.731 e. The van der Waals surface area contributed by atoms with E-state index in [1.54, 1.807) is 13.0 Å². The second kappa shape index (κ2) is 5.34. The van der Waals surface area contributed by atoms with Gasteiger partial charge in [0.1, 0.15) is 0 Å². The van der Waals surface area contributed by atoms with Gasteiger partial charge in [0.25, 0.3) is 0 Å². The van der Waals surface area contributed by atoms with Crippen LogP contribution < -0.4 is 34.3 Å². The first-order valence-electron chi connectivity index (χ1n) is 3.38. The van der Waals surface area contributed by atoms with Crippen LogP contribution in [0, 0.1) is 6.92 Å². The van der Waals surface area contributed by atoms with Crippen molar-refractivity contribution in [2.75, 3.05) is 4.72 Å². The molecular formula is C7H7ClNNaO3S. The molecule has 4 nitrogen and oxygen atoms in total. The molecule has 0 atom stereocenters. The van der Waals surface area contributed by atoms with Crippen LogP contribution in [0.1, 0.15) is 5.56 Å². The molecule has 0 amide bonds. The van der Waals surface area contributed by atoms with Gasteiger partial charge in [-0.05, 0) is 30.7 Å². The zero-order chi connectivity index (χ0) is 10.1. The van der Waals surface area contributed by atoms with Gasteiger partial charge in [-0.1, -0.05) is 11.6 Å². The van der Waals surface area contributed by atoms with Gasteiger partial charge in [0.05, 0.1) is 5.69 Å². The third-order valence-corrected chi connectivity index (χ3v) is 2.13. The minimum Gasteiger partial charge on any atom is -0.731 e. The molecule has 0 spiro atoms. The largest absolute Gasteiger partial charge is 1.00 e. The first-order chi connectivity index (χ1) is 5.88. The van der Waals surface area contributed by atoms with Crippen LogP contribution in [-0.2, 0) is 10.3 Å². The Morgan fingerprint density at radius 3 is 2.43 bits per heavy atom. The van der Waals surface area contributed by atoms with Gasteiger partial charge in [-0.25, -0.2) is 8.42 Å². The Morgan fingerprint density at radius 1 is 1.43 bits per heavy atom. The van der Waals surface area contributed by atoms with Gasteiger partial charge in [-0.2, -0.15) is 0 Å². The zero-order valence-corrected chi connectivity index (χ0v) is 11.3. The van der Waals surface area contributed by atoms with Crippen molar-refractivity contribution in [3.05, 3.63) is 28.8 Å². The second-order valence-corrected chi connectivity index (χ2v) is 4.06. The van der Waals surface area contributed by atoms with E-state index < -0.39 is 10.3 Å². The summed E-state index contributed by atoms with van der Waals surface area (Å²) in [6, 6.07) is 4.50. The molecule has 0 radical (unpaired) electrons.